The number of primary amides is 1. The number of hydrogen-bond acceptors (Lipinski definition) is 22. The van der Waals surface area contributed by atoms with Crippen molar-refractivity contribution in [3.8, 4) is 0 Å². The van der Waals surface area contributed by atoms with Crippen LogP contribution in [0, 0.1) is 5.41 Å². The molecule has 24 N–H and O–H groups in total. The first-order valence-electron chi connectivity index (χ1n) is 41.7. The SMILES string of the molecule is CC(=O)NC1CCC(=O)NCCCC(C(=O)N2CCCC2C(=O)N2CCCC2C(=O)NC(Cc2cnc[nH]2)C(=O)NC(CC(=O)O)C(=O)NC(CCCCN(CC(=O)O)CC(O)O)C(=O)NC(Cc2ccccc2)C(N)=O)NC(=O)C(Cc2c[nH]c3ccccc23)NC(=O)C(CCCNC(=N)N)NC(=O)C(Cc2ccccc2)NC(=O)C(Cc2cnc[nH]2)NC1=O. The van der Waals surface area contributed by atoms with Crippen molar-refractivity contribution < 1.29 is 97.1 Å². The van der Waals surface area contributed by atoms with Crippen LogP contribution < -0.4 is 75.3 Å². The average molecular weight is 1750 g/mol. The molecule has 3 fully saturated rings. The first-order chi connectivity index (χ1) is 60.4. The van der Waals surface area contributed by atoms with Crippen molar-refractivity contribution in [3.05, 3.63) is 144 Å². The Bertz CT molecular complexity index is 4770. The minimum absolute atomic E-state index is 0.0138. The number of fused-ring (bicyclic) bond motifs is 1. The highest BCUT2D eigenvalue weighted by Crippen LogP contribution is 2.28. The van der Waals surface area contributed by atoms with Crippen LogP contribution >= 0.6 is 0 Å². The maximum Gasteiger partial charge on any atom is 0.317 e. The number of nitrogens with two attached hydrogens (primary N) is 2. The van der Waals surface area contributed by atoms with E-state index in [1.165, 1.54) is 39.7 Å². The molecule has 6 heterocycles. The van der Waals surface area contributed by atoms with E-state index in [2.05, 4.69) is 88.7 Å². The molecule has 12 atom stereocenters. The highest BCUT2D eigenvalue weighted by atomic mass is 16.5. The van der Waals surface area contributed by atoms with Crippen molar-refractivity contribution in [2.45, 2.75) is 208 Å². The Balaban J connectivity index is 0.980. The highest BCUT2D eigenvalue weighted by Gasteiger charge is 2.46. The molecular weight excluding hydrogens is 1640 g/mol. The van der Waals surface area contributed by atoms with Crippen molar-refractivity contribution in [1.29, 1.82) is 5.41 Å². The average Bonchev–Trinajstić information content (AvgIpc) is 1.56. The maximum atomic E-state index is 15.7. The van der Waals surface area contributed by atoms with Crippen molar-refractivity contribution in [3.63, 3.8) is 0 Å². The number of carboxylic acid groups (broad SMARTS) is 2. The number of aromatic nitrogens is 5. The Morgan fingerprint density at radius 3 is 1.80 bits per heavy atom. The third-order valence-electron chi connectivity index (χ3n) is 21.7. The number of imidazole rings is 2. The smallest absolute Gasteiger partial charge is 0.317 e. The summed E-state index contributed by atoms with van der Waals surface area (Å²) < 4.78 is 0. The standard InChI is InChI=1S/C83H111N23O20/c1-47(107)94-57-27-28-67(108)89-29-13-24-58(97-76(120)61(36-50-40-91-54-21-9-8-20-53(50)54)100-73(117)56(23-12-30-90-83(85)86)96-75(119)60(35-49-18-6-3-7-19-49)99-77(121)62(101-74(57)118)37-51-41-87-45-92-51)81(125)106-33-15-26-66(106)82(126)105-32-14-25-65(105)80(124)103-63(38-52-42-88-46-93-52)78(122)102-64(39-68(109)110)79(123)95-55(22-10-11-31-104(43-69(111)112)44-70(113)114)72(116)98-59(71(84)115)34-48-16-4-2-5-17-48/h2-9,16-21,40-42,45-46,55-66,69,91,111-112H,10-15,22-39,43-44H2,1H3,(H2,84,115)(H,87,92)(H,88,93)(H,89,108)(H,94,107)(H,95,123)(H,96,119)(H,97,120)(H,98,116)(H,99,121)(H,100,117)(H,101,118)(H,102,122)(H,103,124)(H,109,110)(H,113,114)(H4,85,86,90). The van der Waals surface area contributed by atoms with Crippen molar-refractivity contribution in [2.24, 2.45) is 11.5 Å². The Labute approximate surface area is 723 Å². The summed E-state index contributed by atoms with van der Waals surface area (Å²) in [4.78, 5) is 249. The largest absolute Gasteiger partial charge is 0.481 e. The van der Waals surface area contributed by atoms with Crippen LogP contribution in [0.5, 0.6) is 0 Å². The van der Waals surface area contributed by atoms with E-state index in [0.29, 0.717) is 33.3 Å². The third-order valence-corrected chi connectivity index (χ3v) is 21.7. The minimum atomic E-state index is -1.99. The van der Waals surface area contributed by atoms with Crippen LogP contribution in [0.2, 0.25) is 0 Å². The molecule has 3 saturated heterocycles. The van der Waals surface area contributed by atoms with E-state index >= 15 is 24.0 Å². The molecule has 3 aromatic carbocycles. The number of unbranched alkanes of at least 4 members (excludes halogenated alkanes) is 1. The lowest BCUT2D eigenvalue weighted by molar-refractivity contribution is -0.148. The fraction of sp³-hybridized carbons (Fsp3) is 0.482. The predicted octanol–water partition coefficient (Wildman–Crippen LogP) is -4.24. The van der Waals surface area contributed by atoms with E-state index in [0.717, 1.165) is 6.92 Å². The number of nitrogens with zero attached hydrogens (tertiary/aromatic N) is 5. The molecule has 0 radical (unpaired) electrons. The first-order valence-corrected chi connectivity index (χ1v) is 41.7. The second-order valence-corrected chi connectivity index (χ2v) is 31.3. The summed E-state index contributed by atoms with van der Waals surface area (Å²) in [5, 5.41) is 79.3. The van der Waals surface area contributed by atoms with Gasteiger partial charge in [-0.3, -0.25) is 87.0 Å². The van der Waals surface area contributed by atoms with Gasteiger partial charge in [0.1, 0.15) is 72.5 Å². The van der Waals surface area contributed by atoms with Gasteiger partial charge in [-0.05, 0) is 106 Å². The number of aliphatic hydroxyl groups is 2. The molecular formula is C83H111N23O20. The van der Waals surface area contributed by atoms with Gasteiger partial charge in [-0.25, -0.2) is 9.97 Å². The zero-order chi connectivity index (χ0) is 90.9. The molecule has 0 bridgehead atoms. The minimum Gasteiger partial charge on any atom is -0.481 e. The monoisotopic (exact) mass is 1750 g/mol. The van der Waals surface area contributed by atoms with Gasteiger partial charge in [0.25, 0.3) is 0 Å². The fourth-order valence-corrected chi connectivity index (χ4v) is 15.4. The van der Waals surface area contributed by atoms with Crippen LogP contribution in [0.15, 0.2) is 116 Å². The maximum absolute atomic E-state index is 15.7. The number of carboxylic acids is 2. The van der Waals surface area contributed by atoms with Crippen LogP contribution in [0.3, 0.4) is 0 Å². The molecule has 6 aromatic rings. The van der Waals surface area contributed by atoms with Crippen LogP contribution in [-0.2, 0) is 109 Å². The van der Waals surface area contributed by atoms with Crippen LogP contribution in [0.4, 0.5) is 0 Å². The van der Waals surface area contributed by atoms with E-state index in [1.54, 1.807) is 91.1 Å². The summed E-state index contributed by atoms with van der Waals surface area (Å²) in [7, 11) is 0. The molecule has 14 amide bonds. The normalized spacial score (nSPS) is 20.5. The molecule has 126 heavy (non-hydrogen) atoms. The molecule has 3 aromatic heterocycles. The Morgan fingerprint density at radius 1 is 0.579 bits per heavy atom. The summed E-state index contributed by atoms with van der Waals surface area (Å²) >= 11 is 0. The molecule has 0 aliphatic carbocycles. The van der Waals surface area contributed by atoms with Gasteiger partial charge >= 0.3 is 11.9 Å². The first kappa shape index (κ1) is 96.1. The molecule has 43 heteroatoms. The van der Waals surface area contributed by atoms with Gasteiger partial charge in [0.05, 0.1) is 25.6 Å². The zero-order valence-corrected chi connectivity index (χ0v) is 69.6. The summed E-state index contributed by atoms with van der Waals surface area (Å²) in [6, 6.07) is 5.90. The molecule has 3 aliphatic rings. The van der Waals surface area contributed by atoms with Gasteiger partial charge in [-0.2, -0.15) is 0 Å². The summed E-state index contributed by atoms with van der Waals surface area (Å²) in [5.74, 6) is -15.7. The molecule has 43 nitrogen and oxygen atoms in total. The van der Waals surface area contributed by atoms with Crippen LogP contribution in [-0.4, -0.2) is 285 Å². The number of aromatic amines is 3. The predicted molar refractivity (Wildman–Crippen MR) is 450 cm³/mol. The van der Waals surface area contributed by atoms with Gasteiger partial charge in [-0.15, -0.1) is 0 Å². The second-order valence-electron chi connectivity index (χ2n) is 31.3. The quantitative estimate of drug-likeness (QED) is 0.00760. The van der Waals surface area contributed by atoms with Crippen LogP contribution in [0.1, 0.15) is 125 Å². The van der Waals surface area contributed by atoms with E-state index in [9.17, 15) is 73.2 Å². The lowest BCUT2D eigenvalue weighted by atomic mass is 10.0. The van der Waals surface area contributed by atoms with Crippen molar-refractivity contribution in [2.75, 3.05) is 45.8 Å². The van der Waals surface area contributed by atoms with Gasteiger partial charge < -0.3 is 120 Å². The van der Waals surface area contributed by atoms with Gasteiger partial charge in [0.2, 0.25) is 82.7 Å². The molecule has 678 valence electrons. The molecule has 12 unspecified atom stereocenters. The third kappa shape index (κ3) is 29.8. The van der Waals surface area contributed by atoms with Gasteiger partial charge in [0, 0.05) is 119 Å². The lowest BCUT2D eigenvalue weighted by Crippen LogP contribution is -2.61. The number of benzene rings is 3. The van der Waals surface area contributed by atoms with Crippen molar-refractivity contribution >= 4 is 112 Å². The van der Waals surface area contributed by atoms with E-state index < -0.39 is 199 Å². The molecule has 9 rings (SSSR count). The summed E-state index contributed by atoms with van der Waals surface area (Å²) in [6.45, 7) is -0.173. The number of carbonyl (C=O) groups excluding carboxylic acids is 14. The zero-order valence-electron chi connectivity index (χ0n) is 69.6. The number of nitrogens with one attached hydrogen (secondary N) is 16. The lowest BCUT2D eigenvalue weighted by Gasteiger charge is -2.34. The number of amides is 14. The Kier molecular flexibility index (Phi) is 36.5. The molecule has 3 aliphatic heterocycles. The van der Waals surface area contributed by atoms with E-state index in [4.69, 9.17) is 16.9 Å². The van der Waals surface area contributed by atoms with Gasteiger partial charge in [-0.1, -0.05) is 78.9 Å². The number of aliphatic hydroxyl groups excluding tert-OH is 1. The number of guanidine groups is 1. The number of rotatable bonds is 37. The van der Waals surface area contributed by atoms with Crippen LogP contribution in [0.25, 0.3) is 10.9 Å². The number of para-hydroxylation sites is 1. The highest BCUT2D eigenvalue weighted by molar-refractivity contribution is 6.01. The van der Waals surface area contributed by atoms with Crippen molar-refractivity contribution in [1.82, 2.24) is 103 Å². The fourth-order valence-electron chi connectivity index (χ4n) is 15.4. The number of hydrogen-bond donors (Lipinski definition) is 22. The Morgan fingerprint density at radius 2 is 1.16 bits per heavy atom. The second kappa shape index (κ2) is 47.8. The summed E-state index contributed by atoms with van der Waals surface area (Å²) in [6.07, 6.45) is 2.24. The van der Waals surface area contributed by atoms with E-state index in [-0.39, 0.29) is 154 Å². The summed E-state index contributed by atoms with van der Waals surface area (Å²) in [5.41, 5.74) is 14.3. The van der Waals surface area contributed by atoms with E-state index in [1.807, 2.05) is 0 Å². The number of H-pyrrole nitrogens is 3. The Hall–Kier alpha value is -13.7. The van der Waals surface area contributed by atoms with Gasteiger partial charge in [0.15, 0.2) is 12.2 Å². The number of aliphatic carboxylic acids is 2. The molecule has 0 saturated carbocycles. The molecule has 0 spiro atoms. The number of carbonyl (C=O) groups is 16. The topological polar surface area (TPSA) is 657 Å². The number of likely N-dealkylation sites (tertiary alicyclic amines) is 2.